The van der Waals surface area contributed by atoms with Crippen molar-refractivity contribution in [2.45, 2.75) is 149 Å². The Labute approximate surface area is 334 Å². The number of carbonyl (C=O) groups is 5. The van der Waals surface area contributed by atoms with Gasteiger partial charge in [0.05, 0.1) is 17.9 Å². The van der Waals surface area contributed by atoms with E-state index in [-0.39, 0.29) is 64.2 Å². The van der Waals surface area contributed by atoms with Gasteiger partial charge in [-0.15, -0.1) is 23.5 Å². The third kappa shape index (κ3) is 16.5. The maximum absolute atomic E-state index is 12.7. The zero-order valence-electron chi connectivity index (χ0n) is 31.8. The van der Waals surface area contributed by atoms with Crippen LogP contribution in [0.5, 0.6) is 0 Å². The van der Waals surface area contributed by atoms with Gasteiger partial charge in [0.1, 0.15) is 23.7 Å². The summed E-state index contributed by atoms with van der Waals surface area (Å²) >= 11 is 7.22. The molecule has 4 unspecified atom stereocenters. The van der Waals surface area contributed by atoms with Crippen molar-refractivity contribution in [2.75, 3.05) is 38.5 Å². The largest absolute Gasteiger partial charge is 0.394 e. The van der Waals surface area contributed by atoms with Crippen molar-refractivity contribution in [2.24, 2.45) is 17.6 Å². The number of unbranched alkanes of at least 4 members (excludes halogenated alkanes) is 6. The minimum Gasteiger partial charge on any atom is -0.394 e. The number of carbonyl (C=O) groups excluding carboxylic acids is 5. The van der Waals surface area contributed by atoms with Crippen molar-refractivity contribution in [3.05, 3.63) is 0 Å². The van der Waals surface area contributed by atoms with Crippen molar-refractivity contribution >= 4 is 65.7 Å². The molecule has 0 spiro atoms. The fourth-order valence-corrected chi connectivity index (χ4v) is 9.68. The fraction of sp³-hybridized carbons (Fsp3) is 0.865. The van der Waals surface area contributed by atoms with Crippen LogP contribution in [-0.4, -0.2) is 128 Å². The molecule has 0 aromatic rings. The molecule has 3 aliphatic rings. The van der Waals surface area contributed by atoms with E-state index in [4.69, 9.17) is 10.5 Å². The fourth-order valence-electron chi connectivity index (χ4n) is 7.07. The first-order valence-electron chi connectivity index (χ1n) is 19.9. The molecule has 17 heteroatoms. The number of hydrogen-bond donors (Lipinski definition) is 8. The number of thiol groups is 1. The number of nitrogens with zero attached hydrogens (tertiary/aromatic N) is 1. The van der Waals surface area contributed by atoms with E-state index in [9.17, 15) is 39.3 Å². The summed E-state index contributed by atoms with van der Waals surface area (Å²) in [5, 5.41) is 37.9. The van der Waals surface area contributed by atoms with Crippen LogP contribution >= 0.6 is 36.2 Å². The maximum Gasteiger partial charge on any atom is 0.242 e. The third-order valence-electron chi connectivity index (χ3n) is 10.4. The van der Waals surface area contributed by atoms with Crippen LogP contribution < -0.4 is 21.7 Å². The van der Waals surface area contributed by atoms with Gasteiger partial charge in [-0.05, 0) is 82.8 Å². The van der Waals surface area contributed by atoms with Crippen molar-refractivity contribution in [3.63, 3.8) is 0 Å². The Morgan fingerprint density at radius 3 is 2.02 bits per heavy atom. The van der Waals surface area contributed by atoms with Gasteiger partial charge in [-0.2, -0.15) is 12.6 Å². The number of imide groups is 1. The molecule has 1 saturated carbocycles. The molecule has 5 amide bonds. The minimum absolute atomic E-state index is 0.00227. The number of hydrogen-bond acceptors (Lipinski definition) is 13. The summed E-state index contributed by atoms with van der Waals surface area (Å²) in [4.78, 5) is 63.5. The van der Waals surface area contributed by atoms with Crippen LogP contribution in [0.25, 0.3) is 0 Å². The summed E-state index contributed by atoms with van der Waals surface area (Å²) in [6.45, 7) is 3.75. The van der Waals surface area contributed by atoms with Crippen LogP contribution in [0.1, 0.15) is 110 Å². The minimum atomic E-state index is -1.20. The maximum atomic E-state index is 12.7. The highest BCUT2D eigenvalue weighted by Gasteiger charge is 2.43. The van der Waals surface area contributed by atoms with Gasteiger partial charge in [0, 0.05) is 55.9 Å². The first-order chi connectivity index (χ1) is 25.9. The molecule has 0 bridgehead atoms. The quantitative estimate of drug-likeness (QED) is 0.0287. The Morgan fingerprint density at radius 2 is 1.44 bits per heavy atom. The summed E-state index contributed by atoms with van der Waals surface area (Å²) in [6.07, 6.45) is 8.66. The van der Waals surface area contributed by atoms with Gasteiger partial charge in [0.2, 0.25) is 29.5 Å². The Bertz CT molecular complexity index is 1180. The molecule has 0 aromatic carbocycles. The van der Waals surface area contributed by atoms with Crippen LogP contribution in [0.15, 0.2) is 0 Å². The smallest absolute Gasteiger partial charge is 0.242 e. The van der Waals surface area contributed by atoms with Gasteiger partial charge in [-0.1, -0.05) is 19.3 Å². The van der Waals surface area contributed by atoms with Gasteiger partial charge in [-0.25, -0.2) is 0 Å². The van der Waals surface area contributed by atoms with Crippen LogP contribution in [0.4, 0.5) is 0 Å². The lowest BCUT2D eigenvalue weighted by Crippen LogP contribution is -2.60. The van der Waals surface area contributed by atoms with Crippen molar-refractivity contribution in [1.29, 1.82) is 0 Å². The molecule has 2 heterocycles. The normalized spacial score (nSPS) is 27.9. The Balaban J connectivity index is 1.08. The van der Waals surface area contributed by atoms with Crippen LogP contribution in [0.2, 0.25) is 0 Å². The summed E-state index contributed by atoms with van der Waals surface area (Å²) in [5.41, 5.74) is 5.47. The molecule has 0 aromatic heterocycles. The Hall–Kier alpha value is -1.60. The number of aliphatic hydroxyl groups is 3. The number of likely N-dealkylation sites (tertiary alicyclic amines) is 1. The summed E-state index contributed by atoms with van der Waals surface area (Å²) < 4.78 is 5.61. The molecule has 3 rings (SSSR count). The van der Waals surface area contributed by atoms with E-state index in [1.54, 1.807) is 0 Å². The lowest BCUT2D eigenvalue weighted by atomic mass is 9.81. The first-order valence-corrected chi connectivity index (χ1v) is 22.4. The first kappa shape index (κ1) is 46.8. The molecule has 1 aliphatic carbocycles. The van der Waals surface area contributed by atoms with Crippen LogP contribution in [-0.2, 0) is 28.7 Å². The number of thioether (sulfide) groups is 2. The zero-order valence-corrected chi connectivity index (χ0v) is 34.4. The van der Waals surface area contributed by atoms with Crippen molar-refractivity contribution in [3.8, 4) is 0 Å². The second-order valence-electron chi connectivity index (χ2n) is 14.8. The van der Waals surface area contributed by atoms with Crippen molar-refractivity contribution < 1.29 is 44.0 Å². The zero-order chi connectivity index (χ0) is 39.5. The lowest BCUT2D eigenvalue weighted by molar-refractivity contribution is -0.165. The Kier molecular flexibility index (Phi) is 22.2. The predicted molar refractivity (Wildman–Crippen MR) is 215 cm³/mol. The highest BCUT2D eigenvalue weighted by Crippen LogP contribution is 2.34. The van der Waals surface area contributed by atoms with Gasteiger partial charge in [-0.3, -0.25) is 28.9 Å². The summed E-state index contributed by atoms with van der Waals surface area (Å²) in [6, 6.07) is -0.727. The standard InChI is InChI=1S/C37H65N5O9S3/c1-24(52)54-28-21-31(46)42(36(28)50)22-25-13-15-26(16-14-25)35(49)41-19-8-3-6-12-29(44)39-17-7-2-5-11-30(45)40-18-9-4-10-20-53-37-32(38)34(48)33(47)27(23-43)51-37/h24-28,32-34,37,43,47-48,52H,2-23,38H2,1H3,(H,39,44)(H,40,45)(H,41,49)/t24?,25?,26?,27?,28?,32?,33-,34-,37-/m0/s1. The lowest BCUT2D eigenvalue weighted by Gasteiger charge is -2.40. The number of nitrogens with one attached hydrogen (secondary N) is 3. The van der Waals surface area contributed by atoms with E-state index in [1.165, 1.54) is 28.4 Å². The molecule has 2 saturated heterocycles. The molecule has 8 N–H and O–H groups in total. The molecule has 3 fully saturated rings. The van der Waals surface area contributed by atoms with E-state index in [0.717, 1.165) is 89.2 Å². The highest BCUT2D eigenvalue weighted by atomic mass is 32.2. The molecule has 2 aliphatic heterocycles. The van der Waals surface area contributed by atoms with E-state index in [2.05, 4.69) is 28.6 Å². The number of nitrogens with two attached hydrogens (primary N) is 1. The Morgan fingerprint density at radius 1 is 0.870 bits per heavy atom. The van der Waals surface area contributed by atoms with Crippen LogP contribution in [0.3, 0.4) is 0 Å². The molecular formula is C37H65N5O9S3. The second-order valence-corrected chi connectivity index (χ2v) is 18.7. The number of ether oxygens (including phenoxy) is 1. The molecule has 14 nitrogen and oxygen atoms in total. The van der Waals surface area contributed by atoms with Gasteiger partial charge >= 0.3 is 0 Å². The molecule has 7 atom stereocenters. The van der Waals surface area contributed by atoms with Crippen LogP contribution in [0, 0.1) is 11.8 Å². The molecule has 54 heavy (non-hydrogen) atoms. The van der Waals surface area contributed by atoms with E-state index >= 15 is 0 Å². The van der Waals surface area contributed by atoms with E-state index in [1.807, 2.05) is 6.92 Å². The van der Waals surface area contributed by atoms with E-state index in [0.29, 0.717) is 39.0 Å². The molecule has 310 valence electrons. The number of rotatable bonds is 25. The third-order valence-corrected chi connectivity index (χ3v) is 13.1. The second kappa shape index (κ2) is 25.6. The van der Waals surface area contributed by atoms with E-state index < -0.39 is 29.8 Å². The van der Waals surface area contributed by atoms with Gasteiger partial charge in [0.15, 0.2) is 0 Å². The average Bonchev–Trinajstić information content (AvgIpc) is 3.40. The highest BCUT2D eigenvalue weighted by molar-refractivity contribution is 8.11. The number of aliphatic hydroxyl groups excluding tert-OH is 3. The topological polar surface area (TPSA) is 221 Å². The summed E-state index contributed by atoms with van der Waals surface area (Å²) in [5.74, 6) is 0.872. The average molecular weight is 820 g/mol. The van der Waals surface area contributed by atoms with Gasteiger partial charge < -0.3 is 41.7 Å². The molecular weight excluding hydrogens is 755 g/mol. The SMILES string of the molecule is CC(S)SC1CC(=O)N(CC2CCC(C(=O)NCCCCCC(=O)NCCCCCC(=O)NCCCCCS[C@@H]3OC(CO)[C@H](O)[C@@H](O)C3N)CC2)C1=O. The summed E-state index contributed by atoms with van der Waals surface area (Å²) in [7, 11) is 0. The predicted octanol–water partition coefficient (Wildman–Crippen LogP) is 2.07. The van der Waals surface area contributed by atoms with Crippen molar-refractivity contribution in [1.82, 2.24) is 20.9 Å². The number of amides is 5. The van der Waals surface area contributed by atoms with Gasteiger partial charge in [0.25, 0.3) is 0 Å². The molecule has 0 radical (unpaired) electrons. The monoisotopic (exact) mass is 819 g/mol.